The van der Waals surface area contributed by atoms with Crippen molar-refractivity contribution in [2.75, 3.05) is 0 Å². The Kier molecular flexibility index (Phi) is 8.99. The maximum absolute atomic E-state index is 6.71. The molecule has 2 unspecified atom stereocenters. The summed E-state index contributed by atoms with van der Waals surface area (Å²) in [4.78, 5) is 0. The molecule has 0 saturated carbocycles. The molecule has 0 amide bonds. The first-order valence-corrected chi connectivity index (χ1v) is 19.0. The van der Waals surface area contributed by atoms with Crippen molar-refractivity contribution >= 4 is 25.3 Å². The van der Waals surface area contributed by atoms with E-state index in [1.54, 1.807) is 0 Å². The lowest BCUT2D eigenvalue weighted by molar-refractivity contribution is 0.00578. The molecule has 0 aromatic heterocycles. The van der Waals surface area contributed by atoms with Gasteiger partial charge in [0.15, 0.2) is 0 Å². The minimum Gasteiger partial charge on any atom is -0.403 e. The van der Waals surface area contributed by atoms with Gasteiger partial charge in [-0.2, -0.15) is 0 Å². The molecule has 0 radical (unpaired) electrons. The molecule has 4 nitrogen and oxygen atoms in total. The van der Waals surface area contributed by atoms with Gasteiger partial charge < -0.3 is 18.6 Å². The second-order valence-electron chi connectivity index (χ2n) is 17.3. The van der Waals surface area contributed by atoms with Crippen LogP contribution in [0.4, 0.5) is 0 Å². The van der Waals surface area contributed by atoms with Gasteiger partial charge in [0.2, 0.25) is 0 Å². The Morgan fingerprint density at radius 3 is 2.00 bits per heavy atom. The van der Waals surface area contributed by atoms with Gasteiger partial charge in [-0.15, -0.1) is 0 Å². The van der Waals surface area contributed by atoms with E-state index in [4.69, 9.17) is 18.6 Å². The summed E-state index contributed by atoms with van der Waals surface area (Å²) in [6.07, 6.45) is 11.6. The standard InChI is InChI=1S/C44H56B2O4/c1-11-12-13-14-18-31-19-16-21-33(27-31)44(32-20-15-17-30(2)26-32)38-28-34(45-47-40(3,4)41(5,6)48-45)22-24-36(38)37-25-23-35(29-39(37)44)46-49-42(7,8)43(9,10)50-46/h15-17,19-28,35H,11-14,18,29H2,1-10H3. The molecular weight excluding hydrogens is 614 g/mol. The van der Waals surface area contributed by atoms with Gasteiger partial charge in [0.1, 0.15) is 0 Å². The third-order valence-electron chi connectivity index (χ3n) is 12.7. The van der Waals surface area contributed by atoms with E-state index in [0.29, 0.717) is 0 Å². The molecule has 0 bridgehead atoms. The average molecular weight is 671 g/mol. The summed E-state index contributed by atoms with van der Waals surface area (Å²) in [7, 11) is -0.773. The molecule has 2 saturated heterocycles. The topological polar surface area (TPSA) is 36.9 Å². The lowest BCUT2D eigenvalue weighted by Crippen LogP contribution is -2.41. The number of fused-ring (bicyclic) bond motifs is 2. The monoisotopic (exact) mass is 670 g/mol. The smallest absolute Gasteiger partial charge is 0.403 e. The quantitative estimate of drug-likeness (QED) is 0.168. The number of benzene rings is 3. The van der Waals surface area contributed by atoms with Crippen LogP contribution in [0.2, 0.25) is 5.82 Å². The number of hydrogen-bond donors (Lipinski definition) is 0. The fraction of sp³-hybridized carbons (Fsp3) is 0.500. The van der Waals surface area contributed by atoms with E-state index in [0.717, 1.165) is 18.3 Å². The molecule has 2 aliphatic heterocycles. The van der Waals surface area contributed by atoms with Crippen molar-refractivity contribution in [2.45, 2.75) is 141 Å². The van der Waals surface area contributed by atoms with Crippen LogP contribution >= 0.6 is 0 Å². The molecule has 262 valence electrons. The van der Waals surface area contributed by atoms with Crippen molar-refractivity contribution in [1.29, 1.82) is 0 Å². The van der Waals surface area contributed by atoms with Crippen LogP contribution in [-0.2, 0) is 30.5 Å². The fourth-order valence-electron chi connectivity index (χ4n) is 8.41. The first-order valence-electron chi connectivity index (χ1n) is 19.0. The van der Waals surface area contributed by atoms with Gasteiger partial charge in [-0.25, -0.2) is 0 Å². The Morgan fingerprint density at radius 2 is 1.34 bits per heavy atom. The highest BCUT2D eigenvalue weighted by atomic mass is 16.7. The number of hydrogen-bond acceptors (Lipinski definition) is 4. The van der Waals surface area contributed by atoms with Crippen molar-refractivity contribution in [2.24, 2.45) is 0 Å². The van der Waals surface area contributed by atoms with E-state index < -0.39 is 34.9 Å². The Hall–Kier alpha value is -2.89. The number of unbranched alkanes of at least 4 members (excludes halogenated alkanes) is 3. The van der Waals surface area contributed by atoms with E-state index >= 15 is 0 Å². The zero-order valence-corrected chi connectivity index (χ0v) is 32.1. The number of aryl methyl sites for hydroxylation is 2. The highest BCUT2D eigenvalue weighted by Gasteiger charge is 2.57. The summed E-state index contributed by atoms with van der Waals surface area (Å²) < 4.78 is 26.7. The predicted octanol–water partition coefficient (Wildman–Crippen LogP) is 9.94. The van der Waals surface area contributed by atoms with Crippen molar-refractivity contribution in [3.05, 3.63) is 118 Å². The molecule has 2 atom stereocenters. The Morgan fingerprint density at radius 1 is 0.700 bits per heavy atom. The molecule has 0 N–H and O–H groups in total. The molecular formula is C44H56B2O4. The molecule has 7 rings (SSSR count). The van der Waals surface area contributed by atoms with Crippen LogP contribution in [0, 0.1) is 6.92 Å². The van der Waals surface area contributed by atoms with Gasteiger partial charge in [0.05, 0.1) is 27.8 Å². The molecule has 0 spiro atoms. The van der Waals surface area contributed by atoms with Crippen LogP contribution in [0.3, 0.4) is 0 Å². The lowest BCUT2D eigenvalue weighted by Gasteiger charge is -2.38. The zero-order chi connectivity index (χ0) is 35.7. The highest BCUT2D eigenvalue weighted by Crippen LogP contribution is 2.59. The van der Waals surface area contributed by atoms with Gasteiger partial charge >= 0.3 is 14.2 Å². The third kappa shape index (κ3) is 5.79. The fourth-order valence-corrected chi connectivity index (χ4v) is 8.41. The summed E-state index contributed by atoms with van der Waals surface area (Å²) in [6.45, 7) is 21.6. The molecule has 3 aromatic carbocycles. The normalized spacial score (nSPS) is 25.7. The van der Waals surface area contributed by atoms with Crippen LogP contribution in [0.5, 0.6) is 0 Å². The van der Waals surface area contributed by atoms with Crippen LogP contribution in [0.15, 0.2) is 84.5 Å². The molecule has 6 heteroatoms. The van der Waals surface area contributed by atoms with Gasteiger partial charge in [-0.1, -0.05) is 111 Å². The van der Waals surface area contributed by atoms with E-state index in [9.17, 15) is 0 Å². The van der Waals surface area contributed by atoms with Crippen molar-refractivity contribution in [1.82, 2.24) is 0 Å². The SMILES string of the molecule is CCCCCCc1cccc(C2(c3cccc(C)c3)C3=C(C=CC(B4OC(C)(C)C(C)(C)O4)C3)c3ccc(B4OC(C)(C)C(C)(C)O4)cc32)c1. The Bertz CT molecular complexity index is 1800. The third-order valence-corrected chi connectivity index (χ3v) is 12.7. The van der Waals surface area contributed by atoms with Crippen LogP contribution in [-0.4, -0.2) is 36.6 Å². The summed E-state index contributed by atoms with van der Waals surface area (Å²) in [6, 6.07) is 25.6. The summed E-state index contributed by atoms with van der Waals surface area (Å²) in [5.74, 6) is 0.0769. The van der Waals surface area contributed by atoms with Gasteiger partial charge in [0, 0.05) is 5.82 Å². The van der Waals surface area contributed by atoms with Gasteiger partial charge in [-0.05, 0) is 126 Å². The number of rotatable bonds is 9. The van der Waals surface area contributed by atoms with E-state index in [1.165, 1.54) is 70.2 Å². The zero-order valence-electron chi connectivity index (χ0n) is 32.1. The molecule has 2 fully saturated rings. The van der Waals surface area contributed by atoms with Gasteiger partial charge in [0.25, 0.3) is 0 Å². The second-order valence-corrected chi connectivity index (χ2v) is 17.3. The minimum atomic E-state index is -0.511. The Labute approximate surface area is 302 Å². The van der Waals surface area contributed by atoms with Crippen molar-refractivity contribution in [3.63, 3.8) is 0 Å². The molecule has 50 heavy (non-hydrogen) atoms. The van der Waals surface area contributed by atoms with E-state index in [2.05, 4.69) is 148 Å². The first kappa shape index (κ1) is 35.5. The average Bonchev–Trinajstić information content (AvgIpc) is 3.57. The van der Waals surface area contributed by atoms with Gasteiger partial charge in [-0.3, -0.25) is 0 Å². The highest BCUT2D eigenvalue weighted by molar-refractivity contribution is 6.62. The largest absolute Gasteiger partial charge is 0.494 e. The maximum atomic E-state index is 6.71. The minimum absolute atomic E-state index is 0.0769. The van der Waals surface area contributed by atoms with Crippen molar-refractivity contribution in [3.8, 4) is 0 Å². The Balaban J connectivity index is 1.41. The van der Waals surface area contributed by atoms with E-state index in [-0.39, 0.29) is 12.9 Å². The summed E-state index contributed by atoms with van der Waals surface area (Å²) in [5, 5.41) is 0. The first-order chi connectivity index (χ1) is 23.6. The molecule has 3 aromatic rings. The summed E-state index contributed by atoms with van der Waals surface area (Å²) in [5.41, 5.74) is 9.47. The lowest BCUT2D eigenvalue weighted by atomic mass is 9.59. The maximum Gasteiger partial charge on any atom is 0.494 e. The van der Waals surface area contributed by atoms with Crippen LogP contribution in [0.1, 0.15) is 128 Å². The number of allylic oxidation sites excluding steroid dienone is 4. The predicted molar refractivity (Wildman–Crippen MR) is 208 cm³/mol. The van der Waals surface area contributed by atoms with E-state index in [1.807, 2.05) is 0 Å². The van der Waals surface area contributed by atoms with Crippen LogP contribution in [0.25, 0.3) is 5.57 Å². The van der Waals surface area contributed by atoms with Crippen molar-refractivity contribution < 1.29 is 18.6 Å². The molecule has 2 aliphatic carbocycles. The van der Waals surface area contributed by atoms with Crippen LogP contribution < -0.4 is 5.46 Å². The molecule has 4 aliphatic rings. The second kappa shape index (κ2) is 12.7. The summed E-state index contributed by atoms with van der Waals surface area (Å²) >= 11 is 0. The molecule has 2 heterocycles.